The van der Waals surface area contributed by atoms with Crippen LogP contribution in [0.25, 0.3) is 5.69 Å². The van der Waals surface area contributed by atoms with Crippen molar-refractivity contribution in [3.63, 3.8) is 0 Å². The Hall–Kier alpha value is -3.86. The Morgan fingerprint density at radius 3 is 2.53 bits per heavy atom. The third-order valence-corrected chi connectivity index (χ3v) is 5.28. The van der Waals surface area contributed by atoms with Gasteiger partial charge in [-0.05, 0) is 36.6 Å². The second-order valence-electron chi connectivity index (χ2n) is 8.14. The molecule has 0 radical (unpaired) electrons. The van der Waals surface area contributed by atoms with Crippen LogP contribution in [0.15, 0.2) is 54.6 Å². The average Bonchev–Trinajstić information content (AvgIpc) is 3.11. The number of hydrogen-bond donors (Lipinski definition) is 3. The van der Waals surface area contributed by atoms with Crippen molar-refractivity contribution in [2.24, 2.45) is 0 Å². The fourth-order valence-corrected chi connectivity index (χ4v) is 3.47. The van der Waals surface area contributed by atoms with Crippen molar-refractivity contribution in [2.75, 3.05) is 18.8 Å². The maximum atomic E-state index is 14.1. The van der Waals surface area contributed by atoms with Crippen molar-refractivity contribution in [3.8, 4) is 11.8 Å². The van der Waals surface area contributed by atoms with E-state index in [1.807, 2.05) is 44.2 Å². The predicted octanol–water partition coefficient (Wildman–Crippen LogP) is 3.67. The smallest absolute Gasteiger partial charge is 0.314 e. The highest BCUT2D eigenvalue weighted by atomic mass is 19.1. The van der Waals surface area contributed by atoms with Crippen LogP contribution in [-0.2, 0) is 11.8 Å². The number of nitrogens with zero attached hydrogens (tertiary/aromatic N) is 3. The number of carbonyl (C=O) groups is 1. The summed E-state index contributed by atoms with van der Waals surface area (Å²) in [6.07, 6.45) is 1.08. The molecule has 1 aromatic heterocycles. The molecule has 0 aliphatic carbocycles. The first-order valence-corrected chi connectivity index (χ1v) is 10.4. The number of rotatable bonds is 8. The molecular formula is C24H27FN6O. The van der Waals surface area contributed by atoms with Crippen molar-refractivity contribution >= 4 is 11.8 Å². The summed E-state index contributed by atoms with van der Waals surface area (Å²) in [6, 6.07) is 17.7. The molecule has 0 aliphatic heterocycles. The zero-order valence-corrected chi connectivity index (χ0v) is 18.2. The zero-order valence-electron chi connectivity index (χ0n) is 18.2. The van der Waals surface area contributed by atoms with Crippen LogP contribution in [0.3, 0.4) is 0 Å². The van der Waals surface area contributed by atoms with Gasteiger partial charge in [-0.2, -0.15) is 10.4 Å². The Labute approximate surface area is 187 Å². The van der Waals surface area contributed by atoms with Crippen LogP contribution < -0.4 is 16.4 Å². The Morgan fingerprint density at radius 1 is 1.16 bits per heavy atom. The maximum Gasteiger partial charge on any atom is 0.314 e. The van der Waals surface area contributed by atoms with Gasteiger partial charge in [-0.25, -0.2) is 13.9 Å². The van der Waals surface area contributed by atoms with Crippen molar-refractivity contribution in [1.82, 2.24) is 20.4 Å². The molecular weight excluding hydrogens is 407 g/mol. The van der Waals surface area contributed by atoms with Crippen LogP contribution in [0.2, 0.25) is 0 Å². The van der Waals surface area contributed by atoms with Crippen LogP contribution >= 0.6 is 0 Å². The van der Waals surface area contributed by atoms with E-state index in [-0.39, 0.29) is 18.4 Å². The molecule has 3 rings (SSSR count). The molecule has 2 amide bonds. The van der Waals surface area contributed by atoms with E-state index in [1.54, 1.807) is 22.9 Å². The van der Waals surface area contributed by atoms with Gasteiger partial charge in [-0.1, -0.05) is 50.2 Å². The minimum absolute atomic E-state index is 0.288. The highest BCUT2D eigenvalue weighted by Gasteiger charge is 2.24. The van der Waals surface area contributed by atoms with Crippen LogP contribution in [0, 0.1) is 17.1 Å². The fraction of sp³-hybridized carbons (Fsp3) is 0.292. The van der Waals surface area contributed by atoms with E-state index in [0.717, 1.165) is 5.69 Å². The molecule has 0 atom stereocenters. The number of nitriles is 1. The number of aromatic nitrogens is 2. The first kappa shape index (κ1) is 22.8. The number of anilines is 1. The highest BCUT2D eigenvalue weighted by molar-refractivity contribution is 5.73. The molecule has 166 valence electrons. The third-order valence-electron chi connectivity index (χ3n) is 5.28. The number of nitrogen functional groups attached to an aromatic ring is 1. The van der Waals surface area contributed by atoms with Crippen molar-refractivity contribution in [3.05, 3.63) is 77.2 Å². The molecule has 0 saturated carbocycles. The van der Waals surface area contributed by atoms with Crippen molar-refractivity contribution < 1.29 is 9.18 Å². The van der Waals surface area contributed by atoms with Gasteiger partial charge < -0.3 is 16.4 Å². The Kier molecular flexibility index (Phi) is 7.11. The summed E-state index contributed by atoms with van der Waals surface area (Å²) in [6.45, 7) is 4.44. The molecule has 0 saturated heterocycles. The van der Waals surface area contributed by atoms with E-state index in [0.29, 0.717) is 42.0 Å². The van der Waals surface area contributed by atoms with E-state index in [4.69, 9.17) is 5.73 Å². The standard InChI is InChI=1S/C24H27FN6O/c1-24(2,19-11-6-7-12-20(19)25)16-29-23(32)28-14-8-13-21-18(15-26)22(27)31(30-21)17-9-4-3-5-10-17/h3-7,9-12H,8,13-14,16,27H2,1-2H3,(H2,28,29,32). The molecule has 7 nitrogen and oxygen atoms in total. The van der Waals surface area contributed by atoms with Crippen LogP contribution in [0.5, 0.6) is 0 Å². The number of benzene rings is 2. The summed E-state index contributed by atoms with van der Waals surface area (Å²) in [5.41, 5.74) is 7.84. The number of carbonyl (C=O) groups excluding carboxylic acids is 1. The lowest BCUT2D eigenvalue weighted by Gasteiger charge is -2.26. The summed E-state index contributed by atoms with van der Waals surface area (Å²) in [4.78, 5) is 12.2. The van der Waals surface area contributed by atoms with Crippen LogP contribution in [-0.4, -0.2) is 28.9 Å². The van der Waals surface area contributed by atoms with E-state index < -0.39 is 5.41 Å². The van der Waals surface area contributed by atoms with Gasteiger partial charge in [-0.15, -0.1) is 0 Å². The molecule has 3 aromatic rings. The van der Waals surface area contributed by atoms with Crippen LogP contribution in [0.4, 0.5) is 15.0 Å². The minimum Gasteiger partial charge on any atom is -0.382 e. The first-order chi connectivity index (χ1) is 15.3. The van der Waals surface area contributed by atoms with E-state index in [1.165, 1.54) is 6.07 Å². The fourth-order valence-electron chi connectivity index (χ4n) is 3.47. The maximum absolute atomic E-state index is 14.1. The Bertz CT molecular complexity index is 1120. The van der Waals surface area contributed by atoms with Gasteiger partial charge in [0.05, 0.1) is 11.4 Å². The third kappa shape index (κ3) is 5.24. The molecule has 32 heavy (non-hydrogen) atoms. The number of para-hydroxylation sites is 1. The average molecular weight is 435 g/mol. The number of halogens is 1. The Morgan fingerprint density at radius 2 is 1.84 bits per heavy atom. The summed E-state index contributed by atoms with van der Waals surface area (Å²) in [5.74, 6) is 0.0111. The monoisotopic (exact) mass is 434 g/mol. The molecule has 0 spiro atoms. The normalized spacial score (nSPS) is 11.1. The molecule has 0 aliphatic rings. The van der Waals surface area contributed by atoms with Gasteiger partial charge in [0.2, 0.25) is 0 Å². The molecule has 4 N–H and O–H groups in total. The molecule has 0 bridgehead atoms. The van der Waals surface area contributed by atoms with Gasteiger partial charge in [0.15, 0.2) is 0 Å². The van der Waals surface area contributed by atoms with Gasteiger partial charge in [-0.3, -0.25) is 0 Å². The second-order valence-corrected chi connectivity index (χ2v) is 8.14. The van der Waals surface area contributed by atoms with Crippen molar-refractivity contribution in [2.45, 2.75) is 32.1 Å². The molecule has 0 unspecified atom stereocenters. The molecule has 8 heteroatoms. The first-order valence-electron chi connectivity index (χ1n) is 10.4. The van der Waals surface area contributed by atoms with Crippen LogP contribution in [0.1, 0.15) is 37.1 Å². The summed E-state index contributed by atoms with van der Waals surface area (Å²) >= 11 is 0. The zero-order chi connectivity index (χ0) is 23.1. The Balaban J connectivity index is 1.51. The molecule has 1 heterocycles. The SMILES string of the molecule is CC(C)(CNC(=O)NCCCc1nn(-c2ccccc2)c(N)c1C#N)c1ccccc1F. The number of amides is 2. The van der Waals surface area contributed by atoms with Crippen molar-refractivity contribution in [1.29, 1.82) is 5.26 Å². The number of urea groups is 1. The van der Waals surface area contributed by atoms with Gasteiger partial charge in [0.1, 0.15) is 23.3 Å². The largest absolute Gasteiger partial charge is 0.382 e. The van der Waals surface area contributed by atoms with E-state index in [9.17, 15) is 14.4 Å². The topological polar surface area (TPSA) is 109 Å². The summed E-state index contributed by atoms with van der Waals surface area (Å²) in [7, 11) is 0. The van der Waals surface area contributed by atoms with E-state index in [2.05, 4.69) is 21.8 Å². The van der Waals surface area contributed by atoms with Gasteiger partial charge in [0, 0.05) is 18.5 Å². The summed E-state index contributed by atoms with van der Waals surface area (Å²) < 4.78 is 15.6. The lowest BCUT2D eigenvalue weighted by atomic mass is 9.84. The van der Waals surface area contributed by atoms with Gasteiger partial charge in [0.25, 0.3) is 0 Å². The summed E-state index contributed by atoms with van der Waals surface area (Å²) in [5, 5.41) is 19.5. The van der Waals surface area contributed by atoms with Gasteiger partial charge >= 0.3 is 6.03 Å². The predicted molar refractivity (Wildman–Crippen MR) is 122 cm³/mol. The quantitative estimate of drug-likeness (QED) is 0.470. The highest BCUT2D eigenvalue weighted by Crippen LogP contribution is 2.25. The molecule has 0 fully saturated rings. The number of hydrogen-bond acceptors (Lipinski definition) is 4. The lowest BCUT2D eigenvalue weighted by Crippen LogP contribution is -2.42. The molecule has 2 aromatic carbocycles. The van der Waals surface area contributed by atoms with E-state index >= 15 is 0 Å². The number of nitrogens with two attached hydrogens (primary N) is 1. The minimum atomic E-state index is -0.549. The second kappa shape index (κ2) is 9.96. The number of aryl methyl sites for hydroxylation is 1. The lowest BCUT2D eigenvalue weighted by molar-refractivity contribution is 0.238. The number of nitrogens with one attached hydrogen (secondary N) is 2.